The molecule has 2 N–H and O–H groups in total. The predicted octanol–water partition coefficient (Wildman–Crippen LogP) is 5.66. The highest BCUT2D eigenvalue weighted by molar-refractivity contribution is 5.90. The second kappa shape index (κ2) is 9.20. The Bertz CT molecular complexity index is 1350. The van der Waals surface area contributed by atoms with Crippen molar-refractivity contribution >= 4 is 12.1 Å². The minimum absolute atomic E-state index is 0.127. The van der Waals surface area contributed by atoms with Crippen LogP contribution in [-0.4, -0.2) is 30.6 Å². The van der Waals surface area contributed by atoms with E-state index in [1.54, 1.807) is 20.3 Å². The normalized spacial score (nSPS) is 10.8. The van der Waals surface area contributed by atoms with Crippen molar-refractivity contribution < 1.29 is 24.1 Å². The molecule has 0 fully saturated rings. The van der Waals surface area contributed by atoms with Gasteiger partial charge in [-0.15, -0.1) is 0 Å². The van der Waals surface area contributed by atoms with E-state index in [9.17, 15) is 15.5 Å². The van der Waals surface area contributed by atoms with Crippen LogP contribution in [0.4, 0.5) is 5.88 Å². The molecule has 4 rings (SSSR count). The molecule has 0 radical (unpaired) electrons. The van der Waals surface area contributed by atoms with Crippen molar-refractivity contribution in [3.05, 3.63) is 77.9 Å². The number of rotatable bonds is 6. The number of methoxy groups -OCH3 is 2. The van der Waals surface area contributed by atoms with E-state index >= 15 is 0 Å². The van der Waals surface area contributed by atoms with Gasteiger partial charge in [-0.05, 0) is 65.7 Å². The van der Waals surface area contributed by atoms with Crippen molar-refractivity contribution in [3.8, 4) is 51.5 Å². The van der Waals surface area contributed by atoms with Crippen molar-refractivity contribution in [2.45, 2.75) is 0 Å². The summed E-state index contributed by atoms with van der Waals surface area (Å²) in [6, 6.07) is 21.1. The first-order chi connectivity index (χ1) is 16.0. The van der Waals surface area contributed by atoms with Gasteiger partial charge >= 0.3 is 0 Å². The molecule has 164 valence electrons. The molecule has 1 heterocycles. The predicted molar refractivity (Wildman–Crippen MR) is 124 cm³/mol. The number of hydrogen-bond donors (Lipinski definition) is 2. The van der Waals surface area contributed by atoms with Crippen LogP contribution < -0.4 is 9.47 Å². The Morgan fingerprint density at radius 2 is 1.45 bits per heavy atom. The highest BCUT2D eigenvalue weighted by Crippen LogP contribution is 2.43. The van der Waals surface area contributed by atoms with Crippen LogP contribution >= 0.6 is 0 Å². The molecule has 0 atom stereocenters. The number of ether oxygens (including phenoxy) is 2. The van der Waals surface area contributed by atoms with Crippen LogP contribution in [0.3, 0.4) is 0 Å². The van der Waals surface area contributed by atoms with Gasteiger partial charge in [0.15, 0.2) is 11.5 Å². The zero-order chi connectivity index (χ0) is 23.4. The molecule has 0 saturated heterocycles. The third kappa shape index (κ3) is 4.36. The summed E-state index contributed by atoms with van der Waals surface area (Å²) in [7, 11) is 3.18. The molecule has 0 amide bonds. The zero-order valence-corrected chi connectivity index (χ0v) is 17.9. The summed E-state index contributed by atoms with van der Waals surface area (Å²) in [6.45, 7) is 0. The van der Waals surface area contributed by atoms with Crippen LogP contribution in [0, 0.1) is 11.3 Å². The van der Waals surface area contributed by atoms with Crippen LogP contribution in [0.25, 0.3) is 22.5 Å². The molecule has 0 aliphatic rings. The Kier molecular flexibility index (Phi) is 6.00. The largest absolute Gasteiger partial charge is 0.504 e. The molecule has 3 aromatic carbocycles. The van der Waals surface area contributed by atoms with E-state index in [2.05, 4.69) is 11.1 Å². The molecular formula is C26H20N2O5. The maximum absolute atomic E-state index is 9.98. The maximum atomic E-state index is 9.98. The molecule has 7 nitrogen and oxygen atoms in total. The van der Waals surface area contributed by atoms with Crippen molar-refractivity contribution in [3.63, 3.8) is 0 Å². The lowest BCUT2D eigenvalue weighted by atomic mass is 9.98. The molecule has 0 bridgehead atoms. The van der Waals surface area contributed by atoms with Gasteiger partial charge in [0.25, 0.3) is 0 Å². The molecular weight excluding hydrogens is 420 g/mol. The summed E-state index contributed by atoms with van der Waals surface area (Å²) < 4.78 is 16.6. The third-order valence-electron chi connectivity index (χ3n) is 5.06. The highest BCUT2D eigenvalue weighted by Gasteiger charge is 2.23. The number of phenolic OH excluding ortho intramolecular Hbond substituents is 2. The van der Waals surface area contributed by atoms with Gasteiger partial charge in [0.2, 0.25) is 5.88 Å². The zero-order valence-electron chi connectivity index (χ0n) is 17.9. The first-order valence-corrected chi connectivity index (χ1v) is 9.96. The van der Waals surface area contributed by atoms with Crippen molar-refractivity contribution in [1.82, 2.24) is 0 Å². The molecule has 1 aromatic heterocycles. The number of furan rings is 1. The Hall–Kier alpha value is -4.70. The minimum Gasteiger partial charge on any atom is -0.504 e. The Morgan fingerprint density at radius 3 is 2.00 bits per heavy atom. The van der Waals surface area contributed by atoms with Crippen LogP contribution in [0.1, 0.15) is 11.1 Å². The molecule has 0 spiro atoms. The maximum Gasteiger partial charge on any atom is 0.238 e. The number of phenols is 2. The standard InChI is InChI=1S/C26H20N2O5/c1-31-19-8-4-17(5-9-19)24-21(14-27)26(28-15-16-3-12-22(29)23(30)13-16)33-25(24)18-6-10-20(32-2)11-7-18/h3-13,15,29-30H,1-2H3. The number of nitriles is 1. The SMILES string of the molecule is COc1ccc(-c2oc(N=Cc3ccc(O)c(O)c3)c(C#N)c2-c2ccc(OC)cc2)cc1. The fourth-order valence-corrected chi connectivity index (χ4v) is 3.35. The Morgan fingerprint density at radius 1 is 0.848 bits per heavy atom. The van der Waals surface area contributed by atoms with Gasteiger partial charge in [0.1, 0.15) is 28.9 Å². The number of nitrogens with zero attached hydrogens (tertiary/aromatic N) is 2. The summed E-state index contributed by atoms with van der Waals surface area (Å²) in [5.74, 6) is 1.50. The second-order valence-electron chi connectivity index (χ2n) is 7.06. The first-order valence-electron chi connectivity index (χ1n) is 9.96. The molecule has 0 aliphatic carbocycles. The number of aliphatic imine (C=N–C) groups is 1. The minimum atomic E-state index is -0.267. The van der Waals surface area contributed by atoms with E-state index in [1.807, 2.05) is 48.5 Å². The van der Waals surface area contributed by atoms with Gasteiger partial charge in [-0.3, -0.25) is 0 Å². The molecule has 4 aromatic rings. The lowest BCUT2D eigenvalue weighted by Crippen LogP contribution is -1.87. The van der Waals surface area contributed by atoms with Gasteiger partial charge in [0, 0.05) is 17.3 Å². The van der Waals surface area contributed by atoms with Crippen molar-refractivity contribution in [1.29, 1.82) is 5.26 Å². The number of aromatic hydroxyl groups is 2. The van der Waals surface area contributed by atoms with Gasteiger partial charge in [0.05, 0.1) is 14.2 Å². The summed E-state index contributed by atoms with van der Waals surface area (Å²) in [5, 5.41) is 29.2. The van der Waals surface area contributed by atoms with Crippen LogP contribution in [0.15, 0.2) is 76.1 Å². The molecule has 33 heavy (non-hydrogen) atoms. The van der Waals surface area contributed by atoms with Gasteiger partial charge in [-0.25, -0.2) is 4.99 Å². The van der Waals surface area contributed by atoms with E-state index in [0.29, 0.717) is 28.4 Å². The summed E-state index contributed by atoms with van der Waals surface area (Å²) in [6.07, 6.45) is 1.45. The second-order valence-corrected chi connectivity index (χ2v) is 7.06. The number of hydrogen-bond acceptors (Lipinski definition) is 7. The topological polar surface area (TPSA) is 108 Å². The van der Waals surface area contributed by atoms with Crippen molar-refractivity contribution in [2.75, 3.05) is 14.2 Å². The van der Waals surface area contributed by atoms with Crippen LogP contribution in [-0.2, 0) is 0 Å². The average Bonchev–Trinajstić information content (AvgIpc) is 3.23. The van der Waals surface area contributed by atoms with Gasteiger partial charge < -0.3 is 24.1 Å². The Labute approximate surface area is 190 Å². The Balaban J connectivity index is 1.86. The summed E-state index contributed by atoms with van der Waals surface area (Å²) in [5.41, 5.74) is 2.92. The fraction of sp³-hybridized carbons (Fsp3) is 0.0769. The van der Waals surface area contributed by atoms with E-state index in [0.717, 1.165) is 11.1 Å². The molecule has 0 saturated carbocycles. The van der Waals surface area contributed by atoms with E-state index in [-0.39, 0.29) is 22.9 Å². The van der Waals surface area contributed by atoms with Gasteiger partial charge in [-0.1, -0.05) is 12.1 Å². The summed E-state index contributed by atoms with van der Waals surface area (Å²) >= 11 is 0. The van der Waals surface area contributed by atoms with E-state index in [4.69, 9.17) is 13.9 Å². The molecule has 7 heteroatoms. The lowest BCUT2D eigenvalue weighted by molar-refractivity contribution is 0.403. The van der Waals surface area contributed by atoms with Crippen molar-refractivity contribution in [2.24, 2.45) is 4.99 Å². The van der Waals surface area contributed by atoms with E-state index in [1.165, 1.54) is 18.3 Å². The average molecular weight is 440 g/mol. The third-order valence-corrected chi connectivity index (χ3v) is 5.06. The monoisotopic (exact) mass is 440 g/mol. The lowest BCUT2D eigenvalue weighted by Gasteiger charge is -2.06. The highest BCUT2D eigenvalue weighted by atomic mass is 16.5. The summed E-state index contributed by atoms with van der Waals surface area (Å²) in [4.78, 5) is 4.36. The van der Waals surface area contributed by atoms with E-state index < -0.39 is 0 Å². The van der Waals surface area contributed by atoms with Crippen LogP contribution in [0.5, 0.6) is 23.0 Å². The van der Waals surface area contributed by atoms with Crippen LogP contribution in [0.2, 0.25) is 0 Å². The smallest absolute Gasteiger partial charge is 0.238 e. The fourth-order valence-electron chi connectivity index (χ4n) is 3.35. The number of benzene rings is 3. The quantitative estimate of drug-likeness (QED) is 0.296. The molecule has 0 unspecified atom stereocenters. The van der Waals surface area contributed by atoms with Gasteiger partial charge in [-0.2, -0.15) is 5.26 Å². The molecule has 0 aliphatic heterocycles. The first kappa shape index (κ1) is 21.5.